The van der Waals surface area contributed by atoms with E-state index in [1.807, 2.05) is 6.92 Å². The molecule has 0 aromatic rings. The number of carbonyl (C=O) groups is 1. The minimum absolute atomic E-state index is 0.152. The Kier molecular flexibility index (Phi) is 12.1. The molecule has 0 aliphatic carbocycles. The summed E-state index contributed by atoms with van der Waals surface area (Å²) >= 11 is 0. The number of aliphatic carboxylic acids is 1. The van der Waals surface area contributed by atoms with Crippen molar-refractivity contribution in [1.82, 2.24) is 0 Å². The third-order valence-corrected chi connectivity index (χ3v) is 3.48. The van der Waals surface area contributed by atoms with Gasteiger partial charge in [0.2, 0.25) is 0 Å². The Bertz CT molecular complexity index is 214. The van der Waals surface area contributed by atoms with Crippen LogP contribution in [0, 0.1) is 11.8 Å². The van der Waals surface area contributed by atoms with Crippen LogP contribution in [0.3, 0.4) is 0 Å². The molecule has 0 saturated heterocycles. The number of rotatable bonds is 13. The van der Waals surface area contributed by atoms with Gasteiger partial charge in [0.25, 0.3) is 0 Å². The molecular formula is C16H32O3. The lowest BCUT2D eigenvalue weighted by atomic mass is 9.94. The van der Waals surface area contributed by atoms with E-state index in [2.05, 4.69) is 13.8 Å². The van der Waals surface area contributed by atoms with E-state index >= 15 is 0 Å². The predicted molar refractivity (Wildman–Crippen MR) is 79.4 cm³/mol. The molecule has 114 valence electrons. The second-order valence-electron chi connectivity index (χ2n) is 5.76. The Labute approximate surface area is 118 Å². The zero-order chi connectivity index (χ0) is 14.5. The lowest BCUT2D eigenvalue weighted by Gasteiger charge is -2.12. The predicted octanol–water partition coefficient (Wildman–Crippen LogP) is 4.50. The van der Waals surface area contributed by atoms with E-state index < -0.39 is 5.97 Å². The first kappa shape index (κ1) is 18.4. The topological polar surface area (TPSA) is 46.5 Å². The summed E-state index contributed by atoms with van der Waals surface area (Å²) in [7, 11) is 0. The molecule has 1 atom stereocenters. The summed E-state index contributed by atoms with van der Waals surface area (Å²) in [6, 6.07) is 0. The van der Waals surface area contributed by atoms with Crippen LogP contribution in [-0.2, 0) is 9.53 Å². The first-order chi connectivity index (χ1) is 9.07. The molecule has 1 unspecified atom stereocenters. The van der Waals surface area contributed by atoms with E-state index in [9.17, 15) is 9.90 Å². The Morgan fingerprint density at radius 3 is 2.11 bits per heavy atom. The highest BCUT2D eigenvalue weighted by atomic mass is 16.5. The fourth-order valence-corrected chi connectivity index (χ4v) is 2.25. The SMILES string of the molecule is CCOCCCCC(CCCCCC(C)C)C(=O)O. The monoisotopic (exact) mass is 272 g/mol. The number of hydrogen-bond acceptors (Lipinski definition) is 2. The van der Waals surface area contributed by atoms with Crippen LogP contribution >= 0.6 is 0 Å². The van der Waals surface area contributed by atoms with Crippen molar-refractivity contribution in [2.24, 2.45) is 11.8 Å². The third kappa shape index (κ3) is 12.2. The average Bonchev–Trinajstić information content (AvgIpc) is 2.35. The molecule has 0 bridgehead atoms. The highest BCUT2D eigenvalue weighted by molar-refractivity contribution is 5.69. The summed E-state index contributed by atoms with van der Waals surface area (Å²) in [5.41, 5.74) is 0. The lowest BCUT2D eigenvalue weighted by molar-refractivity contribution is -0.142. The van der Waals surface area contributed by atoms with Crippen molar-refractivity contribution in [3.8, 4) is 0 Å². The van der Waals surface area contributed by atoms with Gasteiger partial charge in [-0.25, -0.2) is 0 Å². The molecule has 0 aromatic carbocycles. The molecule has 0 radical (unpaired) electrons. The Hall–Kier alpha value is -0.570. The molecule has 1 N–H and O–H groups in total. The van der Waals surface area contributed by atoms with E-state index in [4.69, 9.17) is 4.74 Å². The maximum atomic E-state index is 11.2. The normalized spacial score (nSPS) is 12.8. The molecular weight excluding hydrogens is 240 g/mol. The summed E-state index contributed by atoms with van der Waals surface area (Å²) in [5, 5.41) is 9.19. The summed E-state index contributed by atoms with van der Waals surface area (Å²) in [5.74, 6) is -0.0187. The molecule has 0 fully saturated rings. The van der Waals surface area contributed by atoms with E-state index in [1.165, 1.54) is 19.3 Å². The van der Waals surface area contributed by atoms with Crippen molar-refractivity contribution in [3.05, 3.63) is 0 Å². The van der Waals surface area contributed by atoms with Crippen molar-refractivity contribution in [2.45, 2.75) is 72.1 Å². The summed E-state index contributed by atoms with van der Waals surface area (Å²) < 4.78 is 5.26. The van der Waals surface area contributed by atoms with E-state index in [-0.39, 0.29) is 5.92 Å². The van der Waals surface area contributed by atoms with E-state index in [0.29, 0.717) is 0 Å². The van der Waals surface area contributed by atoms with Crippen molar-refractivity contribution < 1.29 is 14.6 Å². The summed E-state index contributed by atoms with van der Waals surface area (Å²) in [6.07, 6.45) is 8.28. The molecule has 3 nitrogen and oxygen atoms in total. The van der Waals surface area contributed by atoms with Gasteiger partial charge >= 0.3 is 5.97 Å². The van der Waals surface area contributed by atoms with Crippen LogP contribution in [0.15, 0.2) is 0 Å². The standard InChI is InChI=1S/C16H32O3/c1-4-19-13-9-8-12-15(16(17)18)11-7-5-6-10-14(2)3/h14-15H,4-13H2,1-3H3,(H,17,18). The van der Waals surface area contributed by atoms with Gasteiger partial charge < -0.3 is 9.84 Å². The van der Waals surface area contributed by atoms with Gasteiger partial charge in [0.05, 0.1) is 5.92 Å². The van der Waals surface area contributed by atoms with Crippen LogP contribution in [0.4, 0.5) is 0 Å². The van der Waals surface area contributed by atoms with Gasteiger partial charge in [-0.05, 0) is 32.1 Å². The third-order valence-electron chi connectivity index (χ3n) is 3.48. The smallest absolute Gasteiger partial charge is 0.306 e. The van der Waals surface area contributed by atoms with E-state index in [0.717, 1.165) is 51.2 Å². The molecule has 0 rings (SSSR count). The van der Waals surface area contributed by atoms with Gasteiger partial charge in [0.1, 0.15) is 0 Å². The molecule has 19 heavy (non-hydrogen) atoms. The zero-order valence-electron chi connectivity index (χ0n) is 13.0. The second-order valence-corrected chi connectivity index (χ2v) is 5.76. The molecule has 0 spiro atoms. The summed E-state index contributed by atoms with van der Waals surface area (Å²) in [6.45, 7) is 7.96. The molecule has 0 aliphatic heterocycles. The number of hydrogen-bond donors (Lipinski definition) is 1. The van der Waals surface area contributed by atoms with Gasteiger partial charge in [0, 0.05) is 13.2 Å². The zero-order valence-corrected chi connectivity index (χ0v) is 13.0. The molecule has 0 aliphatic rings. The van der Waals surface area contributed by atoms with Crippen LogP contribution in [-0.4, -0.2) is 24.3 Å². The van der Waals surface area contributed by atoms with Crippen molar-refractivity contribution >= 4 is 5.97 Å². The largest absolute Gasteiger partial charge is 0.481 e. The Morgan fingerprint density at radius 2 is 1.58 bits per heavy atom. The van der Waals surface area contributed by atoms with Crippen molar-refractivity contribution in [3.63, 3.8) is 0 Å². The molecule has 0 amide bonds. The minimum atomic E-state index is -0.625. The van der Waals surface area contributed by atoms with Gasteiger partial charge in [-0.2, -0.15) is 0 Å². The van der Waals surface area contributed by atoms with Crippen LogP contribution in [0.5, 0.6) is 0 Å². The fourth-order valence-electron chi connectivity index (χ4n) is 2.25. The van der Waals surface area contributed by atoms with Crippen LogP contribution in [0.2, 0.25) is 0 Å². The van der Waals surface area contributed by atoms with Crippen LogP contribution in [0.25, 0.3) is 0 Å². The quantitative estimate of drug-likeness (QED) is 0.502. The van der Waals surface area contributed by atoms with Crippen LogP contribution < -0.4 is 0 Å². The van der Waals surface area contributed by atoms with Crippen molar-refractivity contribution in [2.75, 3.05) is 13.2 Å². The maximum absolute atomic E-state index is 11.2. The van der Waals surface area contributed by atoms with Gasteiger partial charge in [0.15, 0.2) is 0 Å². The lowest BCUT2D eigenvalue weighted by Crippen LogP contribution is -2.14. The van der Waals surface area contributed by atoms with E-state index in [1.54, 1.807) is 0 Å². The first-order valence-electron chi connectivity index (χ1n) is 7.88. The number of ether oxygens (including phenoxy) is 1. The van der Waals surface area contributed by atoms with Gasteiger partial charge in [-0.1, -0.05) is 46.0 Å². The molecule has 0 aromatic heterocycles. The van der Waals surface area contributed by atoms with Crippen molar-refractivity contribution in [1.29, 1.82) is 0 Å². The highest BCUT2D eigenvalue weighted by Gasteiger charge is 2.16. The molecule has 0 saturated carbocycles. The summed E-state index contributed by atoms with van der Waals surface area (Å²) in [4.78, 5) is 11.2. The Balaban J connectivity index is 3.60. The van der Waals surface area contributed by atoms with Crippen LogP contribution in [0.1, 0.15) is 72.1 Å². The molecule has 0 heterocycles. The van der Waals surface area contributed by atoms with Gasteiger partial charge in [-0.3, -0.25) is 4.79 Å². The number of unbranched alkanes of at least 4 members (excludes halogenated alkanes) is 3. The maximum Gasteiger partial charge on any atom is 0.306 e. The average molecular weight is 272 g/mol. The fraction of sp³-hybridized carbons (Fsp3) is 0.938. The first-order valence-corrected chi connectivity index (χ1v) is 7.88. The molecule has 3 heteroatoms. The second kappa shape index (κ2) is 12.5. The van der Waals surface area contributed by atoms with Gasteiger partial charge in [-0.15, -0.1) is 0 Å². The Morgan fingerprint density at radius 1 is 1.00 bits per heavy atom. The highest BCUT2D eigenvalue weighted by Crippen LogP contribution is 2.18. The minimum Gasteiger partial charge on any atom is -0.481 e. The number of carboxylic acids is 1. The number of carboxylic acid groups (broad SMARTS) is 1.